The van der Waals surface area contributed by atoms with E-state index in [0.717, 1.165) is 11.3 Å². The quantitative estimate of drug-likeness (QED) is 0.386. The average molecular weight is 460 g/mol. The molecule has 2 heterocycles. The fraction of sp³-hybridized carbons (Fsp3) is 0.167. The number of methoxy groups -OCH3 is 2. The van der Waals surface area contributed by atoms with Gasteiger partial charge < -0.3 is 25.8 Å². The Hall–Kier alpha value is -4.44. The van der Waals surface area contributed by atoms with E-state index in [4.69, 9.17) is 15.2 Å². The summed E-state index contributed by atoms with van der Waals surface area (Å²) in [7, 11) is 3.14. The minimum absolute atomic E-state index is 0.203. The molecule has 4 N–H and O–H groups in total. The Morgan fingerprint density at radius 3 is 2.26 bits per heavy atom. The van der Waals surface area contributed by atoms with E-state index in [1.54, 1.807) is 74.3 Å². The number of hydrogen-bond acceptors (Lipinski definition) is 7. The molecule has 0 fully saturated rings. The minimum Gasteiger partial charge on any atom is -0.493 e. The van der Waals surface area contributed by atoms with Crippen LogP contribution in [0, 0.1) is 0 Å². The molecule has 174 valence electrons. The lowest BCUT2D eigenvalue weighted by atomic mass is 10.1. The minimum atomic E-state index is -0.619. The molecule has 4 aromatic rings. The number of benzene rings is 2. The normalized spacial score (nSPS) is 11.6. The standard InChI is InChI=1S/C24H24N6O4/c1-14(25)23(31)27-16-5-7-17(8-6-16)28-24(32)18-13-22-26-11-10-19(30(22)29-18)15-4-9-20(33-2)21(12-15)34-3/h4-14H,25H2,1-3H3,(H,27,31)(H,28,32)/t14-/m0/s1. The van der Waals surface area contributed by atoms with Gasteiger partial charge in [-0.05, 0) is 55.5 Å². The fourth-order valence-electron chi connectivity index (χ4n) is 3.31. The Balaban J connectivity index is 1.57. The molecule has 0 aliphatic rings. The van der Waals surface area contributed by atoms with Gasteiger partial charge >= 0.3 is 0 Å². The van der Waals surface area contributed by atoms with Gasteiger partial charge in [-0.1, -0.05) is 0 Å². The van der Waals surface area contributed by atoms with Crippen LogP contribution in [0.5, 0.6) is 11.5 Å². The third-order valence-electron chi connectivity index (χ3n) is 5.09. The highest BCUT2D eigenvalue weighted by Gasteiger charge is 2.16. The summed E-state index contributed by atoms with van der Waals surface area (Å²) in [6.45, 7) is 1.60. The van der Waals surface area contributed by atoms with Crippen molar-refractivity contribution in [3.05, 3.63) is 66.5 Å². The molecule has 0 saturated heterocycles. The van der Waals surface area contributed by atoms with Crippen molar-refractivity contribution in [1.29, 1.82) is 0 Å². The summed E-state index contributed by atoms with van der Waals surface area (Å²) >= 11 is 0. The number of ether oxygens (including phenoxy) is 2. The number of aromatic nitrogens is 3. The Bertz CT molecular complexity index is 1350. The largest absolute Gasteiger partial charge is 0.493 e. The van der Waals surface area contributed by atoms with Crippen LogP contribution >= 0.6 is 0 Å². The topological polar surface area (TPSA) is 133 Å². The zero-order valence-corrected chi connectivity index (χ0v) is 18.9. The highest BCUT2D eigenvalue weighted by molar-refractivity contribution is 6.03. The molecule has 2 amide bonds. The summed E-state index contributed by atoms with van der Waals surface area (Å²) in [5.41, 5.74) is 8.97. The molecular weight excluding hydrogens is 436 g/mol. The van der Waals surface area contributed by atoms with Gasteiger partial charge in [0.05, 0.1) is 26.0 Å². The molecule has 0 radical (unpaired) electrons. The number of amides is 2. The second-order valence-corrected chi connectivity index (χ2v) is 7.51. The number of hydrogen-bond donors (Lipinski definition) is 3. The van der Waals surface area contributed by atoms with E-state index in [1.165, 1.54) is 0 Å². The molecule has 0 saturated carbocycles. The lowest BCUT2D eigenvalue weighted by molar-refractivity contribution is -0.117. The second kappa shape index (κ2) is 9.59. The first-order valence-corrected chi connectivity index (χ1v) is 10.4. The molecule has 10 nitrogen and oxygen atoms in total. The third-order valence-corrected chi connectivity index (χ3v) is 5.09. The van der Waals surface area contributed by atoms with Crippen LogP contribution in [0.4, 0.5) is 11.4 Å². The van der Waals surface area contributed by atoms with Crippen molar-refractivity contribution < 1.29 is 19.1 Å². The second-order valence-electron chi connectivity index (χ2n) is 7.51. The van der Waals surface area contributed by atoms with E-state index in [0.29, 0.717) is 28.5 Å². The van der Waals surface area contributed by atoms with Gasteiger partial charge in [0.2, 0.25) is 5.91 Å². The van der Waals surface area contributed by atoms with Crippen molar-refractivity contribution in [2.75, 3.05) is 24.9 Å². The van der Waals surface area contributed by atoms with Gasteiger partial charge in [-0.2, -0.15) is 5.10 Å². The summed E-state index contributed by atoms with van der Waals surface area (Å²) in [6, 6.07) is 15.0. The molecule has 0 unspecified atom stereocenters. The average Bonchev–Trinajstić information content (AvgIpc) is 3.29. The van der Waals surface area contributed by atoms with Crippen LogP contribution in [-0.2, 0) is 4.79 Å². The molecule has 0 aliphatic heterocycles. The van der Waals surface area contributed by atoms with E-state index in [2.05, 4.69) is 20.7 Å². The summed E-state index contributed by atoms with van der Waals surface area (Å²) in [4.78, 5) is 28.9. The maximum atomic E-state index is 12.8. The number of nitrogens with two attached hydrogens (primary N) is 1. The molecule has 0 spiro atoms. The van der Waals surface area contributed by atoms with Gasteiger partial charge in [0, 0.05) is 29.2 Å². The lowest BCUT2D eigenvalue weighted by Crippen LogP contribution is -2.32. The van der Waals surface area contributed by atoms with Crippen LogP contribution in [0.1, 0.15) is 17.4 Å². The van der Waals surface area contributed by atoms with Crippen molar-refractivity contribution in [3.8, 4) is 22.8 Å². The Kier molecular flexibility index (Phi) is 6.42. The number of carbonyl (C=O) groups is 2. The van der Waals surface area contributed by atoms with Crippen LogP contribution < -0.4 is 25.8 Å². The maximum absolute atomic E-state index is 12.8. The number of carbonyl (C=O) groups excluding carboxylic acids is 2. The summed E-state index contributed by atoms with van der Waals surface area (Å²) in [5.74, 6) is 0.506. The Labute approximate surface area is 195 Å². The number of rotatable bonds is 7. The van der Waals surface area contributed by atoms with Gasteiger partial charge in [0.15, 0.2) is 22.8 Å². The predicted molar refractivity (Wildman–Crippen MR) is 128 cm³/mol. The van der Waals surface area contributed by atoms with Crippen LogP contribution in [0.2, 0.25) is 0 Å². The van der Waals surface area contributed by atoms with E-state index in [1.807, 2.05) is 12.1 Å². The Morgan fingerprint density at radius 1 is 0.941 bits per heavy atom. The van der Waals surface area contributed by atoms with Gasteiger partial charge in [-0.3, -0.25) is 9.59 Å². The Morgan fingerprint density at radius 2 is 1.62 bits per heavy atom. The first kappa shape index (κ1) is 22.7. The zero-order chi connectivity index (χ0) is 24.2. The van der Waals surface area contributed by atoms with Crippen molar-refractivity contribution in [3.63, 3.8) is 0 Å². The van der Waals surface area contributed by atoms with Gasteiger partial charge in [-0.15, -0.1) is 0 Å². The number of nitrogens with zero attached hydrogens (tertiary/aromatic N) is 3. The van der Waals surface area contributed by atoms with Crippen molar-refractivity contribution >= 4 is 28.8 Å². The van der Waals surface area contributed by atoms with Crippen LogP contribution in [-0.4, -0.2) is 46.7 Å². The van der Waals surface area contributed by atoms with Crippen LogP contribution in [0.15, 0.2) is 60.8 Å². The van der Waals surface area contributed by atoms with Gasteiger partial charge in [-0.25, -0.2) is 9.50 Å². The molecule has 0 bridgehead atoms. The molecule has 2 aromatic heterocycles. The first-order valence-electron chi connectivity index (χ1n) is 10.4. The van der Waals surface area contributed by atoms with E-state index < -0.39 is 11.9 Å². The lowest BCUT2D eigenvalue weighted by Gasteiger charge is -2.10. The van der Waals surface area contributed by atoms with Crippen molar-refractivity contribution in [2.24, 2.45) is 5.73 Å². The molecule has 2 aromatic carbocycles. The fourth-order valence-corrected chi connectivity index (χ4v) is 3.31. The summed E-state index contributed by atoms with van der Waals surface area (Å²) in [5, 5.41) is 9.95. The molecule has 0 aliphatic carbocycles. The molecule has 10 heteroatoms. The number of fused-ring (bicyclic) bond motifs is 1. The SMILES string of the molecule is COc1ccc(-c2ccnc3cc(C(=O)Nc4ccc(NC(=O)[C@H](C)N)cc4)nn23)cc1OC. The predicted octanol–water partition coefficient (Wildman–Crippen LogP) is 2.95. The van der Waals surface area contributed by atoms with Gasteiger partial charge in [0.1, 0.15) is 0 Å². The molecule has 34 heavy (non-hydrogen) atoms. The maximum Gasteiger partial charge on any atom is 0.276 e. The number of nitrogens with one attached hydrogen (secondary N) is 2. The zero-order valence-electron chi connectivity index (χ0n) is 18.9. The molecule has 4 rings (SSSR count). The molecular formula is C24H24N6O4. The van der Waals surface area contributed by atoms with Crippen molar-refractivity contribution in [2.45, 2.75) is 13.0 Å². The van der Waals surface area contributed by atoms with E-state index in [9.17, 15) is 9.59 Å². The third kappa shape index (κ3) is 4.66. The molecule has 1 atom stereocenters. The van der Waals surface area contributed by atoms with Crippen LogP contribution in [0.3, 0.4) is 0 Å². The van der Waals surface area contributed by atoms with E-state index >= 15 is 0 Å². The highest BCUT2D eigenvalue weighted by atomic mass is 16.5. The summed E-state index contributed by atoms with van der Waals surface area (Å²) in [6.07, 6.45) is 1.65. The van der Waals surface area contributed by atoms with Gasteiger partial charge in [0.25, 0.3) is 5.91 Å². The smallest absolute Gasteiger partial charge is 0.276 e. The summed E-state index contributed by atoms with van der Waals surface area (Å²) < 4.78 is 12.3. The first-order chi connectivity index (χ1) is 16.4. The monoisotopic (exact) mass is 460 g/mol. The highest BCUT2D eigenvalue weighted by Crippen LogP contribution is 2.32. The number of anilines is 2. The van der Waals surface area contributed by atoms with E-state index in [-0.39, 0.29) is 11.6 Å². The van der Waals surface area contributed by atoms with Crippen LogP contribution in [0.25, 0.3) is 16.9 Å². The van der Waals surface area contributed by atoms with Crippen molar-refractivity contribution in [1.82, 2.24) is 14.6 Å².